The minimum Gasteiger partial charge on any atom is -0.484 e. The third-order valence-corrected chi connectivity index (χ3v) is 3.28. The van der Waals surface area contributed by atoms with Crippen molar-refractivity contribution in [2.45, 2.75) is 12.2 Å². The number of amides is 1. The average Bonchev–Trinajstić information content (AvgIpc) is 2.52. The second-order valence-corrected chi connectivity index (χ2v) is 4.83. The summed E-state index contributed by atoms with van der Waals surface area (Å²) in [4.78, 5) is 24.2. The van der Waals surface area contributed by atoms with E-state index in [0.717, 1.165) is 29.2 Å². The van der Waals surface area contributed by atoms with Crippen LogP contribution in [0.15, 0.2) is 24.3 Å². The highest BCUT2D eigenvalue weighted by molar-refractivity contribution is 5.84. The van der Waals surface area contributed by atoms with Gasteiger partial charge in [-0.05, 0) is 24.3 Å². The monoisotopic (exact) mass is 333 g/mol. The van der Waals surface area contributed by atoms with E-state index in [1.807, 2.05) is 0 Å². The molecule has 1 fully saturated rings. The lowest BCUT2D eigenvalue weighted by atomic mass is 10.2. The highest BCUT2D eigenvalue weighted by atomic mass is 19.4. The molecule has 1 aromatic rings. The third-order valence-electron chi connectivity index (χ3n) is 3.28. The van der Waals surface area contributed by atoms with E-state index in [9.17, 15) is 22.8 Å². The highest BCUT2D eigenvalue weighted by Crippen LogP contribution is 2.30. The molecule has 1 atom stereocenters. The first-order valence-electron chi connectivity index (χ1n) is 6.69. The average molecular weight is 333 g/mol. The first-order chi connectivity index (χ1) is 10.8. The number of alkyl halides is 3. The number of aliphatic carboxylic acids is 1. The molecule has 9 heteroatoms. The molecular weight excluding hydrogens is 319 g/mol. The number of carboxylic acids is 1. The van der Waals surface area contributed by atoms with Gasteiger partial charge in [-0.25, -0.2) is 4.79 Å². The molecule has 1 saturated heterocycles. The van der Waals surface area contributed by atoms with E-state index >= 15 is 0 Å². The number of ether oxygens (including phenoxy) is 2. The van der Waals surface area contributed by atoms with Crippen molar-refractivity contribution in [3.8, 4) is 5.75 Å². The second kappa shape index (κ2) is 6.86. The molecule has 0 radical (unpaired) electrons. The van der Waals surface area contributed by atoms with E-state index in [1.54, 1.807) is 0 Å². The smallest absolute Gasteiger partial charge is 0.416 e. The molecule has 1 unspecified atom stereocenters. The summed E-state index contributed by atoms with van der Waals surface area (Å²) < 4.78 is 47.4. The summed E-state index contributed by atoms with van der Waals surface area (Å²) in [5.41, 5.74) is -0.824. The van der Waals surface area contributed by atoms with Gasteiger partial charge in [0.1, 0.15) is 5.75 Å². The van der Waals surface area contributed by atoms with Gasteiger partial charge in [-0.1, -0.05) is 0 Å². The zero-order valence-corrected chi connectivity index (χ0v) is 11.9. The van der Waals surface area contributed by atoms with Crippen LogP contribution < -0.4 is 4.74 Å². The van der Waals surface area contributed by atoms with Gasteiger partial charge in [0.25, 0.3) is 5.91 Å². The number of halogens is 3. The number of carboxylic acid groups (broad SMARTS) is 1. The molecule has 23 heavy (non-hydrogen) atoms. The number of hydrogen-bond donors (Lipinski definition) is 1. The van der Waals surface area contributed by atoms with Gasteiger partial charge in [-0.2, -0.15) is 13.2 Å². The van der Waals surface area contributed by atoms with Crippen LogP contribution in [-0.2, 0) is 20.5 Å². The Morgan fingerprint density at radius 2 is 1.96 bits per heavy atom. The molecule has 0 aliphatic carbocycles. The Hall–Kier alpha value is -2.29. The van der Waals surface area contributed by atoms with Gasteiger partial charge >= 0.3 is 12.1 Å². The Morgan fingerprint density at radius 3 is 2.52 bits per heavy atom. The lowest BCUT2D eigenvalue weighted by Gasteiger charge is -2.32. The number of rotatable bonds is 4. The van der Waals surface area contributed by atoms with Gasteiger partial charge in [0.15, 0.2) is 12.6 Å². The van der Waals surface area contributed by atoms with Crippen LogP contribution in [0.1, 0.15) is 5.56 Å². The maximum Gasteiger partial charge on any atom is 0.416 e. The van der Waals surface area contributed by atoms with Crippen LogP contribution in [0, 0.1) is 0 Å². The molecular formula is C14H14F3NO5. The fourth-order valence-corrected chi connectivity index (χ4v) is 2.07. The van der Waals surface area contributed by atoms with Gasteiger partial charge < -0.3 is 19.5 Å². The molecule has 126 valence electrons. The van der Waals surface area contributed by atoms with Crippen molar-refractivity contribution in [2.75, 3.05) is 26.4 Å². The minimum absolute atomic E-state index is 0.0893. The van der Waals surface area contributed by atoms with Crippen LogP contribution in [0.5, 0.6) is 5.75 Å². The van der Waals surface area contributed by atoms with Crippen molar-refractivity contribution in [1.29, 1.82) is 0 Å². The van der Waals surface area contributed by atoms with Gasteiger partial charge in [-0.15, -0.1) is 0 Å². The molecule has 1 N–H and O–H groups in total. The first kappa shape index (κ1) is 17.1. The van der Waals surface area contributed by atoms with Gasteiger partial charge in [0.05, 0.1) is 18.8 Å². The Morgan fingerprint density at radius 1 is 1.30 bits per heavy atom. The normalized spacial score (nSPS) is 18.6. The number of benzene rings is 1. The predicted molar refractivity (Wildman–Crippen MR) is 70.9 cm³/mol. The largest absolute Gasteiger partial charge is 0.484 e. The number of morpholine rings is 1. The summed E-state index contributed by atoms with van der Waals surface area (Å²) >= 11 is 0. The summed E-state index contributed by atoms with van der Waals surface area (Å²) in [5.74, 6) is -1.67. The van der Waals surface area contributed by atoms with Gasteiger partial charge in [0, 0.05) is 6.54 Å². The van der Waals surface area contributed by atoms with Crippen LogP contribution in [0.2, 0.25) is 0 Å². The maximum absolute atomic E-state index is 12.4. The zero-order chi connectivity index (χ0) is 17.0. The second-order valence-electron chi connectivity index (χ2n) is 4.83. The summed E-state index contributed by atoms with van der Waals surface area (Å²) in [6.45, 7) is -0.238. The third kappa shape index (κ3) is 4.35. The van der Waals surface area contributed by atoms with E-state index in [2.05, 4.69) is 0 Å². The summed E-state index contributed by atoms with van der Waals surface area (Å²) in [5, 5.41) is 9.03. The number of carbonyl (C=O) groups excluding carboxylic acids is 1. The predicted octanol–water partition coefficient (Wildman–Crippen LogP) is 1.40. The Balaban J connectivity index is 1.94. The SMILES string of the molecule is O=C(O)C1COCCN1C(=O)COc1ccc(C(F)(F)F)cc1. The molecule has 1 aliphatic rings. The fraction of sp³-hybridized carbons (Fsp3) is 0.429. The van der Waals surface area contributed by atoms with E-state index in [-0.39, 0.29) is 25.5 Å². The molecule has 1 aliphatic heterocycles. The van der Waals surface area contributed by atoms with Crippen LogP contribution in [-0.4, -0.2) is 54.3 Å². The Labute approximate surface area is 129 Å². The Bertz CT molecular complexity index is 573. The minimum atomic E-state index is -4.45. The van der Waals surface area contributed by atoms with Gasteiger partial charge in [-0.3, -0.25) is 4.79 Å². The van der Waals surface area contributed by atoms with Crippen LogP contribution in [0.3, 0.4) is 0 Å². The van der Waals surface area contributed by atoms with Crippen molar-refractivity contribution in [3.63, 3.8) is 0 Å². The number of hydrogen-bond acceptors (Lipinski definition) is 4. The molecule has 0 spiro atoms. The maximum atomic E-state index is 12.4. The van der Waals surface area contributed by atoms with Crippen molar-refractivity contribution < 1.29 is 37.3 Å². The van der Waals surface area contributed by atoms with Crippen molar-refractivity contribution in [3.05, 3.63) is 29.8 Å². The molecule has 2 rings (SSSR count). The zero-order valence-electron chi connectivity index (χ0n) is 11.9. The highest BCUT2D eigenvalue weighted by Gasteiger charge is 2.33. The van der Waals surface area contributed by atoms with E-state index in [1.165, 1.54) is 0 Å². The Kier molecular flexibility index (Phi) is 5.09. The lowest BCUT2D eigenvalue weighted by Crippen LogP contribution is -2.53. The van der Waals surface area contributed by atoms with E-state index in [0.29, 0.717) is 0 Å². The fourth-order valence-electron chi connectivity index (χ4n) is 2.07. The van der Waals surface area contributed by atoms with Crippen molar-refractivity contribution in [2.24, 2.45) is 0 Å². The molecule has 0 aromatic heterocycles. The summed E-state index contributed by atoms with van der Waals surface area (Å²) in [6.07, 6.45) is -4.45. The molecule has 0 bridgehead atoms. The first-order valence-corrected chi connectivity index (χ1v) is 6.69. The van der Waals surface area contributed by atoms with E-state index in [4.69, 9.17) is 14.6 Å². The standard InChI is InChI=1S/C14H14F3NO5/c15-14(16,17)9-1-3-10(4-2-9)23-8-12(19)18-5-6-22-7-11(18)13(20)21/h1-4,11H,5-8H2,(H,20,21). The summed E-state index contributed by atoms with van der Waals surface area (Å²) in [6, 6.07) is 2.80. The number of nitrogens with zero attached hydrogens (tertiary/aromatic N) is 1. The van der Waals surface area contributed by atoms with Crippen molar-refractivity contribution >= 4 is 11.9 Å². The van der Waals surface area contributed by atoms with Crippen LogP contribution in [0.4, 0.5) is 13.2 Å². The molecule has 6 nitrogen and oxygen atoms in total. The lowest BCUT2D eigenvalue weighted by molar-refractivity contribution is -0.159. The van der Waals surface area contributed by atoms with Crippen LogP contribution in [0.25, 0.3) is 0 Å². The molecule has 0 saturated carbocycles. The van der Waals surface area contributed by atoms with Crippen LogP contribution >= 0.6 is 0 Å². The van der Waals surface area contributed by atoms with Crippen molar-refractivity contribution in [1.82, 2.24) is 4.90 Å². The number of carbonyl (C=O) groups is 2. The summed E-state index contributed by atoms with van der Waals surface area (Å²) in [7, 11) is 0. The topological polar surface area (TPSA) is 76.1 Å². The molecule has 1 aromatic carbocycles. The molecule has 1 heterocycles. The molecule has 1 amide bonds. The van der Waals surface area contributed by atoms with Gasteiger partial charge in [0.2, 0.25) is 0 Å². The van der Waals surface area contributed by atoms with E-state index < -0.39 is 36.3 Å². The quantitative estimate of drug-likeness (QED) is 0.901.